The highest BCUT2D eigenvalue weighted by Crippen LogP contribution is 2.21. The van der Waals surface area contributed by atoms with Crippen LogP contribution in [-0.2, 0) is 16.1 Å². The zero-order valence-corrected chi connectivity index (χ0v) is 14.2. The van der Waals surface area contributed by atoms with Gasteiger partial charge >= 0.3 is 0 Å². The third-order valence-electron chi connectivity index (χ3n) is 4.02. The molecule has 0 saturated carbocycles. The summed E-state index contributed by atoms with van der Waals surface area (Å²) in [5, 5.41) is 4.85. The number of aryl methyl sites for hydroxylation is 2. The molecule has 7 heteroatoms. The molecule has 0 N–H and O–H groups in total. The van der Waals surface area contributed by atoms with Gasteiger partial charge in [0.2, 0.25) is 11.8 Å². The normalized spacial score (nSPS) is 15.0. The number of halogens is 1. The number of rotatable bonds is 4. The van der Waals surface area contributed by atoms with Gasteiger partial charge in [0, 0.05) is 43.0 Å². The average molecular weight is 347 g/mol. The molecule has 1 fully saturated rings. The summed E-state index contributed by atoms with van der Waals surface area (Å²) in [5.74, 6) is -0.117. The number of aromatic nitrogens is 2. The Bertz CT molecular complexity index is 759. The van der Waals surface area contributed by atoms with E-state index in [1.165, 1.54) is 0 Å². The van der Waals surface area contributed by atoms with Crippen LogP contribution < -0.4 is 4.90 Å². The van der Waals surface area contributed by atoms with E-state index in [-0.39, 0.29) is 18.4 Å². The molecule has 3 rings (SSSR count). The number of carbonyl (C=O) groups is 2. The van der Waals surface area contributed by atoms with Gasteiger partial charge in [-0.15, -0.1) is 0 Å². The van der Waals surface area contributed by atoms with E-state index in [0.717, 1.165) is 11.4 Å². The van der Waals surface area contributed by atoms with Crippen LogP contribution in [0.1, 0.15) is 12.1 Å². The second kappa shape index (κ2) is 7.05. The molecule has 0 bridgehead atoms. The number of hydrogen-bond donors (Lipinski definition) is 0. The number of hydrogen-bond acceptors (Lipinski definition) is 3. The lowest BCUT2D eigenvalue weighted by Gasteiger charge is -2.34. The number of amides is 2. The highest BCUT2D eigenvalue weighted by atomic mass is 35.5. The van der Waals surface area contributed by atoms with Crippen molar-refractivity contribution in [2.45, 2.75) is 19.9 Å². The monoisotopic (exact) mass is 346 g/mol. The molecule has 1 saturated heterocycles. The minimum Gasteiger partial charge on any atom is -0.332 e. The van der Waals surface area contributed by atoms with E-state index >= 15 is 0 Å². The first-order valence-corrected chi connectivity index (χ1v) is 8.24. The van der Waals surface area contributed by atoms with Crippen LogP contribution in [0.5, 0.6) is 0 Å². The Labute approximate surface area is 145 Å². The summed E-state index contributed by atoms with van der Waals surface area (Å²) in [6.45, 7) is 3.53. The summed E-state index contributed by atoms with van der Waals surface area (Å²) in [6, 6.07) is 9.09. The zero-order chi connectivity index (χ0) is 17.1. The molecule has 1 aliphatic heterocycles. The molecule has 0 spiro atoms. The molecule has 24 heavy (non-hydrogen) atoms. The average Bonchev–Trinajstić information content (AvgIpc) is 2.98. The van der Waals surface area contributed by atoms with Crippen molar-refractivity contribution in [2.24, 2.45) is 0 Å². The second-order valence-electron chi connectivity index (χ2n) is 5.81. The maximum Gasteiger partial charge on any atom is 0.246 e. The molecular formula is C17H19ClN4O2. The van der Waals surface area contributed by atoms with Crippen LogP contribution in [0.4, 0.5) is 5.69 Å². The SMILES string of the molecule is Cc1ccn(CCC(=O)N2CCN(c3cccc(Cl)c3)C(=O)C2)n1. The van der Waals surface area contributed by atoms with Gasteiger partial charge in [0.05, 0.1) is 5.69 Å². The van der Waals surface area contributed by atoms with E-state index < -0.39 is 0 Å². The number of benzene rings is 1. The predicted molar refractivity (Wildman–Crippen MR) is 92.0 cm³/mol. The fraction of sp³-hybridized carbons (Fsp3) is 0.353. The number of piperazine rings is 1. The van der Waals surface area contributed by atoms with Crippen molar-refractivity contribution < 1.29 is 9.59 Å². The van der Waals surface area contributed by atoms with Crippen LogP contribution in [0.25, 0.3) is 0 Å². The predicted octanol–water partition coefficient (Wildman–Crippen LogP) is 2.11. The molecule has 2 aromatic rings. The topological polar surface area (TPSA) is 58.4 Å². The van der Waals surface area contributed by atoms with Gasteiger partial charge in [-0.1, -0.05) is 17.7 Å². The van der Waals surface area contributed by atoms with Gasteiger partial charge in [-0.3, -0.25) is 14.3 Å². The fourth-order valence-corrected chi connectivity index (χ4v) is 2.94. The summed E-state index contributed by atoms with van der Waals surface area (Å²) in [5.41, 5.74) is 1.69. The highest BCUT2D eigenvalue weighted by Gasteiger charge is 2.27. The Balaban J connectivity index is 1.56. The number of anilines is 1. The largest absolute Gasteiger partial charge is 0.332 e. The molecule has 0 aliphatic carbocycles. The van der Waals surface area contributed by atoms with Crippen molar-refractivity contribution in [1.29, 1.82) is 0 Å². The third-order valence-corrected chi connectivity index (χ3v) is 4.26. The Morgan fingerprint density at radius 3 is 2.79 bits per heavy atom. The minimum absolute atomic E-state index is 0.0257. The molecule has 6 nitrogen and oxygen atoms in total. The lowest BCUT2D eigenvalue weighted by atomic mass is 10.2. The van der Waals surface area contributed by atoms with Gasteiger partial charge in [0.15, 0.2) is 0 Å². The van der Waals surface area contributed by atoms with Gasteiger partial charge < -0.3 is 9.80 Å². The van der Waals surface area contributed by atoms with Crippen LogP contribution in [0, 0.1) is 6.92 Å². The van der Waals surface area contributed by atoms with Gasteiger partial charge in [0.25, 0.3) is 0 Å². The highest BCUT2D eigenvalue weighted by molar-refractivity contribution is 6.30. The van der Waals surface area contributed by atoms with Crippen molar-refractivity contribution in [3.8, 4) is 0 Å². The van der Waals surface area contributed by atoms with Crippen LogP contribution >= 0.6 is 11.6 Å². The van der Waals surface area contributed by atoms with Crippen LogP contribution in [0.15, 0.2) is 36.5 Å². The minimum atomic E-state index is -0.0909. The molecule has 0 unspecified atom stereocenters. The van der Waals surface area contributed by atoms with Crippen molar-refractivity contribution in [1.82, 2.24) is 14.7 Å². The fourth-order valence-electron chi connectivity index (χ4n) is 2.76. The van der Waals surface area contributed by atoms with Gasteiger partial charge in [-0.2, -0.15) is 5.10 Å². The van der Waals surface area contributed by atoms with Crippen molar-refractivity contribution >= 4 is 29.1 Å². The molecule has 0 radical (unpaired) electrons. The first-order valence-electron chi connectivity index (χ1n) is 7.87. The molecule has 1 aromatic heterocycles. The Hall–Kier alpha value is -2.34. The van der Waals surface area contributed by atoms with E-state index in [9.17, 15) is 9.59 Å². The molecule has 0 atom stereocenters. The third kappa shape index (κ3) is 3.76. The first kappa shape index (κ1) is 16.5. The summed E-state index contributed by atoms with van der Waals surface area (Å²) in [7, 11) is 0. The lowest BCUT2D eigenvalue weighted by molar-refractivity contribution is -0.137. The van der Waals surface area contributed by atoms with E-state index in [1.54, 1.807) is 26.6 Å². The van der Waals surface area contributed by atoms with Gasteiger partial charge in [-0.05, 0) is 31.2 Å². The summed E-state index contributed by atoms with van der Waals surface area (Å²) in [6.07, 6.45) is 2.19. The van der Waals surface area contributed by atoms with Crippen molar-refractivity contribution in [2.75, 3.05) is 24.5 Å². The van der Waals surface area contributed by atoms with Crippen molar-refractivity contribution in [3.63, 3.8) is 0 Å². The Kier molecular flexibility index (Phi) is 4.85. The van der Waals surface area contributed by atoms with Crippen molar-refractivity contribution in [3.05, 3.63) is 47.2 Å². The molecule has 1 aromatic carbocycles. The molecular weight excluding hydrogens is 328 g/mol. The standard InChI is InChI=1S/C17H19ClN4O2/c1-13-5-7-21(19-13)8-6-16(23)20-9-10-22(17(24)12-20)15-4-2-3-14(18)11-15/h2-5,7,11H,6,8-10,12H2,1H3. The maximum absolute atomic E-state index is 12.4. The van der Waals surface area contributed by atoms with Crippen LogP contribution in [0.2, 0.25) is 5.02 Å². The Morgan fingerprint density at radius 1 is 1.29 bits per heavy atom. The molecule has 2 amide bonds. The van der Waals surface area contributed by atoms with Gasteiger partial charge in [-0.25, -0.2) is 0 Å². The molecule has 2 heterocycles. The Morgan fingerprint density at radius 2 is 2.12 bits per heavy atom. The first-order chi connectivity index (χ1) is 11.5. The zero-order valence-electron chi connectivity index (χ0n) is 13.5. The van der Waals surface area contributed by atoms with E-state index in [0.29, 0.717) is 31.1 Å². The lowest BCUT2D eigenvalue weighted by Crippen LogP contribution is -2.52. The number of nitrogens with zero attached hydrogens (tertiary/aromatic N) is 4. The number of carbonyl (C=O) groups excluding carboxylic acids is 2. The van der Waals surface area contributed by atoms with E-state index in [4.69, 9.17) is 11.6 Å². The van der Waals surface area contributed by atoms with E-state index in [2.05, 4.69) is 5.10 Å². The summed E-state index contributed by atoms with van der Waals surface area (Å²) >= 11 is 5.98. The maximum atomic E-state index is 12.4. The smallest absolute Gasteiger partial charge is 0.246 e. The summed E-state index contributed by atoms with van der Waals surface area (Å²) in [4.78, 5) is 28.0. The van der Waals surface area contributed by atoms with Crippen LogP contribution in [-0.4, -0.2) is 46.1 Å². The second-order valence-corrected chi connectivity index (χ2v) is 6.25. The quantitative estimate of drug-likeness (QED) is 0.852. The van der Waals surface area contributed by atoms with Gasteiger partial charge in [0.1, 0.15) is 6.54 Å². The molecule has 126 valence electrons. The summed E-state index contributed by atoms with van der Waals surface area (Å²) < 4.78 is 1.75. The van der Waals surface area contributed by atoms with Crippen LogP contribution in [0.3, 0.4) is 0 Å². The van der Waals surface area contributed by atoms with E-state index in [1.807, 2.05) is 31.3 Å². The molecule has 1 aliphatic rings.